The summed E-state index contributed by atoms with van der Waals surface area (Å²) in [6, 6.07) is 14.0. The number of methoxy groups -OCH3 is 2. The maximum atomic E-state index is 12.8. The highest BCUT2D eigenvalue weighted by molar-refractivity contribution is 8.01. The molecule has 1 aromatic heterocycles. The van der Waals surface area contributed by atoms with Gasteiger partial charge in [-0.25, -0.2) is 4.68 Å². The molecule has 1 N–H and O–H groups in total. The first-order valence-electron chi connectivity index (χ1n) is 9.77. The first kappa shape index (κ1) is 20.3. The molecular formula is C23H25N3O3S. The molecule has 2 atom stereocenters. The molecule has 2 aromatic carbocycles. The highest BCUT2D eigenvalue weighted by Gasteiger charge is 2.34. The molecule has 0 spiro atoms. The number of fused-ring (bicyclic) bond motifs is 1. The van der Waals surface area contributed by atoms with Gasteiger partial charge in [0, 0.05) is 5.56 Å². The zero-order valence-corrected chi connectivity index (χ0v) is 18.5. The van der Waals surface area contributed by atoms with Gasteiger partial charge >= 0.3 is 0 Å². The second-order valence-corrected chi connectivity index (χ2v) is 8.81. The van der Waals surface area contributed by atoms with Crippen molar-refractivity contribution in [1.82, 2.24) is 9.78 Å². The van der Waals surface area contributed by atoms with Gasteiger partial charge in [0.25, 0.3) is 0 Å². The average molecular weight is 424 g/mol. The van der Waals surface area contributed by atoms with Crippen LogP contribution in [-0.2, 0) is 4.79 Å². The number of amides is 1. The number of aryl methyl sites for hydroxylation is 2. The Balaban J connectivity index is 1.90. The Hall–Kier alpha value is -2.93. The minimum atomic E-state index is -0.221. The molecule has 1 aliphatic rings. The number of benzene rings is 2. The van der Waals surface area contributed by atoms with Crippen LogP contribution in [0.25, 0.3) is 5.69 Å². The van der Waals surface area contributed by atoms with Crippen LogP contribution in [0.5, 0.6) is 11.5 Å². The molecule has 7 heteroatoms. The molecule has 0 unspecified atom stereocenters. The first-order chi connectivity index (χ1) is 14.4. The summed E-state index contributed by atoms with van der Waals surface area (Å²) in [5.41, 5.74) is 4.98. The van der Waals surface area contributed by atoms with Gasteiger partial charge in [-0.15, -0.1) is 11.8 Å². The van der Waals surface area contributed by atoms with Crippen LogP contribution < -0.4 is 14.8 Å². The van der Waals surface area contributed by atoms with Crippen LogP contribution in [0.1, 0.15) is 34.6 Å². The predicted octanol–water partition coefficient (Wildman–Crippen LogP) is 4.67. The molecule has 0 radical (unpaired) electrons. The van der Waals surface area contributed by atoms with Crippen molar-refractivity contribution in [3.8, 4) is 17.2 Å². The van der Waals surface area contributed by atoms with Gasteiger partial charge in [-0.1, -0.05) is 18.2 Å². The third-order valence-corrected chi connectivity index (χ3v) is 6.68. The summed E-state index contributed by atoms with van der Waals surface area (Å²) in [5.74, 6) is 2.03. The molecular weight excluding hydrogens is 398 g/mol. The van der Waals surface area contributed by atoms with Crippen LogP contribution in [0.4, 0.5) is 5.82 Å². The number of rotatable bonds is 4. The zero-order valence-electron chi connectivity index (χ0n) is 17.7. The fourth-order valence-electron chi connectivity index (χ4n) is 3.73. The van der Waals surface area contributed by atoms with Crippen LogP contribution >= 0.6 is 11.8 Å². The standard InChI is InChI=1S/C23H25N3O3S/c1-13-7-6-8-17(11-13)26-22-20(14(2)25-26)21(30-15(3)23(27)24-22)16-9-10-18(28-4)19(12-16)29-5/h6-12,15,21H,1-5H3,(H,24,27)/t15-,21+/m0/s1. The van der Waals surface area contributed by atoms with Gasteiger partial charge in [-0.05, 0) is 56.2 Å². The fourth-order valence-corrected chi connectivity index (χ4v) is 5.05. The quantitative estimate of drug-likeness (QED) is 0.661. The predicted molar refractivity (Wildman–Crippen MR) is 120 cm³/mol. The van der Waals surface area contributed by atoms with E-state index in [1.165, 1.54) is 0 Å². The number of anilines is 1. The maximum absolute atomic E-state index is 12.8. The Bertz CT molecular complexity index is 1110. The van der Waals surface area contributed by atoms with Gasteiger partial charge in [0.1, 0.15) is 5.82 Å². The minimum absolute atomic E-state index is 0.0296. The first-order valence-corrected chi connectivity index (χ1v) is 10.7. The molecule has 3 aromatic rings. The zero-order chi connectivity index (χ0) is 21.4. The Labute approximate surface area is 180 Å². The summed E-state index contributed by atoms with van der Waals surface area (Å²) < 4.78 is 12.7. The summed E-state index contributed by atoms with van der Waals surface area (Å²) >= 11 is 1.61. The van der Waals surface area contributed by atoms with Crippen LogP contribution in [0.2, 0.25) is 0 Å². The monoisotopic (exact) mass is 423 g/mol. The third-order valence-electron chi connectivity index (χ3n) is 5.28. The van der Waals surface area contributed by atoms with Crippen LogP contribution in [0.15, 0.2) is 42.5 Å². The highest BCUT2D eigenvalue weighted by atomic mass is 32.2. The number of thioether (sulfide) groups is 1. The number of aromatic nitrogens is 2. The molecule has 2 heterocycles. The number of ether oxygens (including phenoxy) is 2. The van der Waals surface area contributed by atoms with E-state index in [-0.39, 0.29) is 16.4 Å². The van der Waals surface area contributed by atoms with E-state index >= 15 is 0 Å². The normalized spacial score (nSPS) is 18.4. The van der Waals surface area contributed by atoms with E-state index in [0.717, 1.165) is 33.9 Å². The van der Waals surface area contributed by atoms with E-state index in [0.29, 0.717) is 11.5 Å². The molecule has 156 valence electrons. The van der Waals surface area contributed by atoms with Crippen molar-refractivity contribution in [2.75, 3.05) is 19.5 Å². The molecule has 1 amide bonds. The van der Waals surface area contributed by atoms with E-state index in [1.807, 2.05) is 61.9 Å². The van der Waals surface area contributed by atoms with Crippen molar-refractivity contribution >= 4 is 23.5 Å². The molecule has 0 saturated heterocycles. The van der Waals surface area contributed by atoms with E-state index in [1.54, 1.807) is 26.0 Å². The van der Waals surface area contributed by atoms with Crippen molar-refractivity contribution in [2.24, 2.45) is 0 Å². The van der Waals surface area contributed by atoms with Gasteiger partial charge in [-0.2, -0.15) is 5.10 Å². The van der Waals surface area contributed by atoms with E-state index in [2.05, 4.69) is 11.4 Å². The van der Waals surface area contributed by atoms with E-state index in [4.69, 9.17) is 14.6 Å². The summed E-state index contributed by atoms with van der Waals surface area (Å²) in [5, 5.41) is 7.61. The molecule has 30 heavy (non-hydrogen) atoms. The molecule has 4 rings (SSSR count). The van der Waals surface area contributed by atoms with Crippen LogP contribution in [-0.4, -0.2) is 35.2 Å². The Kier molecular flexibility index (Phi) is 5.47. The highest BCUT2D eigenvalue weighted by Crippen LogP contribution is 2.47. The summed E-state index contributed by atoms with van der Waals surface area (Å²) in [6.07, 6.45) is 0. The SMILES string of the molecule is COc1ccc([C@H]2S[C@@H](C)C(=O)Nc3c2c(C)nn3-c2cccc(C)c2)cc1OC. The van der Waals surface area contributed by atoms with E-state index in [9.17, 15) is 4.79 Å². The summed E-state index contributed by atoms with van der Waals surface area (Å²) in [6.45, 7) is 5.96. The summed E-state index contributed by atoms with van der Waals surface area (Å²) in [4.78, 5) is 12.8. The second kappa shape index (κ2) is 8.07. The number of carbonyl (C=O) groups excluding carboxylic acids is 1. The molecule has 6 nitrogen and oxygen atoms in total. The number of nitrogens with one attached hydrogen (secondary N) is 1. The van der Waals surface area contributed by atoms with Gasteiger partial charge in [-0.3, -0.25) is 4.79 Å². The molecule has 0 saturated carbocycles. The largest absolute Gasteiger partial charge is 0.493 e. The van der Waals surface area contributed by atoms with Crippen molar-refractivity contribution in [1.29, 1.82) is 0 Å². The molecule has 0 aliphatic carbocycles. The lowest BCUT2D eigenvalue weighted by Crippen LogP contribution is -2.22. The summed E-state index contributed by atoms with van der Waals surface area (Å²) in [7, 11) is 3.25. The van der Waals surface area contributed by atoms with Gasteiger partial charge in [0.2, 0.25) is 5.91 Å². The number of hydrogen-bond donors (Lipinski definition) is 1. The van der Waals surface area contributed by atoms with Crippen molar-refractivity contribution in [2.45, 2.75) is 31.3 Å². The average Bonchev–Trinajstić information content (AvgIpc) is 2.99. The Morgan fingerprint density at radius 1 is 1.07 bits per heavy atom. The van der Waals surface area contributed by atoms with E-state index < -0.39 is 0 Å². The Morgan fingerprint density at radius 3 is 2.53 bits per heavy atom. The topological polar surface area (TPSA) is 65.4 Å². The third kappa shape index (κ3) is 3.54. The van der Waals surface area contributed by atoms with Crippen molar-refractivity contribution < 1.29 is 14.3 Å². The second-order valence-electron chi connectivity index (χ2n) is 7.36. The smallest absolute Gasteiger partial charge is 0.238 e. The lowest BCUT2D eigenvalue weighted by molar-refractivity contribution is -0.115. The van der Waals surface area contributed by atoms with Crippen molar-refractivity contribution in [3.63, 3.8) is 0 Å². The lowest BCUT2D eigenvalue weighted by Gasteiger charge is -2.19. The molecule has 0 bridgehead atoms. The van der Waals surface area contributed by atoms with Gasteiger partial charge in [0.15, 0.2) is 11.5 Å². The van der Waals surface area contributed by atoms with Gasteiger partial charge < -0.3 is 14.8 Å². The Morgan fingerprint density at radius 2 is 1.83 bits per heavy atom. The van der Waals surface area contributed by atoms with Crippen molar-refractivity contribution in [3.05, 3.63) is 64.8 Å². The number of nitrogens with zero attached hydrogens (tertiary/aromatic N) is 2. The number of hydrogen-bond acceptors (Lipinski definition) is 5. The van der Waals surface area contributed by atoms with Gasteiger partial charge in [0.05, 0.1) is 36.1 Å². The van der Waals surface area contributed by atoms with Crippen LogP contribution in [0.3, 0.4) is 0 Å². The molecule has 0 fully saturated rings. The molecule has 1 aliphatic heterocycles. The number of carbonyl (C=O) groups is 1. The fraction of sp³-hybridized carbons (Fsp3) is 0.304. The minimum Gasteiger partial charge on any atom is -0.493 e. The van der Waals surface area contributed by atoms with Crippen LogP contribution in [0, 0.1) is 13.8 Å². The maximum Gasteiger partial charge on any atom is 0.238 e. The lowest BCUT2D eigenvalue weighted by atomic mass is 10.0.